The minimum absolute atomic E-state index is 0.137. The molecular weight excluding hydrogens is 390 g/mol. The Bertz CT molecular complexity index is 1070. The number of aromatic nitrogens is 5. The van der Waals surface area contributed by atoms with Crippen LogP contribution in [0.3, 0.4) is 0 Å². The van der Waals surface area contributed by atoms with Crippen molar-refractivity contribution in [3.8, 4) is 5.69 Å². The predicted octanol–water partition coefficient (Wildman–Crippen LogP) is 3.37. The Hall–Kier alpha value is -2.94. The van der Waals surface area contributed by atoms with Crippen molar-refractivity contribution in [3.63, 3.8) is 0 Å². The van der Waals surface area contributed by atoms with Crippen LogP contribution in [0.2, 0.25) is 0 Å². The van der Waals surface area contributed by atoms with E-state index in [0.717, 1.165) is 16.8 Å². The smallest absolute Gasteiger partial charge is 0.339 e. The van der Waals surface area contributed by atoms with Crippen LogP contribution in [-0.2, 0) is 4.74 Å². The van der Waals surface area contributed by atoms with Crippen molar-refractivity contribution in [2.75, 3.05) is 7.11 Å². The summed E-state index contributed by atoms with van der Waals surface area (Å²) in [6.07, 6.45) is 0. The van der Waals surface area contributed by atoms with Crippen LogP contribution in [0.15, 0.2) is 23.4 Å². The minimum atomic E-state index is -0.466. The van der Waals surface area contributed by atoms with Gasteiger partial charge in [0.05, 0.1) is 29.3 Å². The van der Waals surface area contributed by atoms with Crippen molar-refractivity contribution < 1.29 is 14.3 Å². The molecule has 0 fully saturated rings. The van der Waals surface area contributed by atoms with Crippen LogP contribution >= 0.6 is 11.8 Å². The van der Waals surface area contributed by atoms with Gasteiger partial charge in [0.2, 0.25) is 5.16 Å². The zero-order valence-electron chi connectivity index (χ0n) is 17.2. The van der Waals surface area contributed by atoms with Gasteiger partial charge >= 0.3 is 5.97 Å². The molecule has 9 heteroatoms. The number of ether oxygens (including phenoxy) is 1. The van der Waals surface area contributed by atoms with Gasteiger partial charge in [-0.2, -0.15) is 4.68 Å². The Morgan fingerprint density at radius 1 is 1.17 bits per heavy atom. The Labute approximate surface area is 173 Å². The quantitative estimate of drug-likeness (QED) is 0.375. The number of carbonyl (C=O) groups excluding carboxylic acids is 2. The van der Waals surface area contributed by atoms with Crippen LogP contribution in [-0.4, -0.2) is 49.3 Å². The van der Waals surface area contributed by atoms with E-state index in [1.165, 1.54) is 18.9 Å². The lowest BCUT2D eigenvalue weighted by Crippen LogP contribution is -2.17. The molecule has 0 radical (unpaired) electrons. The summed E-state index contributed by atoms with van der Waals surface area (Å²) in [6, 6.07) is 5.96. The highest BCUT2D eigenvalue weighted by Gasteiger charge is 2.27. The van der Waals surface area contributed by atoms with Crippen molar-refractivity contribution in [3.05, 3.63) is 51.8 Å². The summed E-state index contributed by atoms with van der Waals surface area (Å²) in [5.41, 5.74) is 4.96. The molecule has 0 aliphatic carbocycles. The summed E-state index contributed by atoms with van der Waals surface area (Å²) < 4.78 is 6.48. The van der Waals surface area contributed by atoms with Crippen LogP contribution in [0.25, 0.3) is 5.69 Å². The van der Waals surface area contributed by atoms with Crippen LogP contribution in [0, 0.1) is 27.7 Å². The van der Waals surface area contributed by atoms with Gasteiger partial charge in [-0.3, -0.25) is 4.79 Å². The maximum absolute atomic E-state index is 13.1. The molecule has 0 aliphatic rings. The van der Waals surface area contributed by atoms with E-state index in [1.807, 2.05) is 32.0 Å². The van der Waals surface area contributed by atoms with Gasteiger partial charge in [-0.25, -0.2) is 4.79 Å². The lowest BCUT2D eigenvalue weighted by atomic mass is 10.1. The third-order valence-corrected chi connectivity index (χ3v) is 5.85. The van der Waals surface area contributed by atoms with E-state index in [0.29, 0.717) is 27.7 Å². The Morgan fingerprint density at radius 2 is 1.83 bits per heavy atom. The first-order valence-electron chi connectivity index (χ1n) is 9.09. The van der Waals surface area contributed by atoms with Crippen molar-refractivity contribution in [1.29, 1.82) is 0 Å². The first-order chi connectivity index (χ1) is 13.8. The van der Waals surface area contributed by atoms with E-state index in [-0.39, 0.29) is 5.78 Å². The number of benzene rings is 1. The number of aromatic amines is 1. The topological polar surface area (TPSA) is 103 Å². The van der Waals surface area contributed by atoms with E-state index >= 15 is 0 Å². The number of nitrogens with zero attached hydrogens (tertiary/aromatic N) is 4. The number of tetrazole rings is 1. The SMILES string of the molecule is COC(=O)c1c(C)[nH]c(C(=O)[C@@H](C)Sc2nnnn2-c2c(C)cccc2C)c1C. The van der Waals surface area contributed by atoms with Gasteiger partial charge in [0, 0.05) is 5.69 Å². The second-order valence-corrected chi connectivity index (χ2v) is 8.16. The minimum Gasteiger partial charge on any atom is -0.465 e. The first-order valence-corrected chi connectivity index (χ1v) is 9.97. The first kappa shape index (κ1) is 20.8. The molecule has 3 aromatic rings. The van der Waals surface area contributed by atoms with E-state index in [9.17, 15) is 9.59 Å². The summed E-state index contributed by atoms with van der Waals surface area (Å²) >= 11 is 1.27. The molecule has 29 heavy (non-hydrogen) atoms. The lowest BCUT2D eigenvalue weighted by molar-refractivity contribution is 0.0599. The van der Waals surface area contributed by atoms with Crippen LogP contribution < -0.4 is 0 Å². The monoisotopic (exact) mass is 413 g/mol. The average molecular weight is 414 g/mol. The maximum atomic E-state index is 13.1. The van der Waals surface area contributed by atoms with Crippen molar-refractivity contribution >= 4 is 23.5 Å². The number of methoxy groups -OCH3 is 1. The molecular formula is C20H23N5O3S. The number of Topliss-reactive ketones (excluding diaryl/α,β-unsaturated/α-hetero) is 1. The zero-order chi connectivity index (χ0) is 21.3. The highest BCUT2D eigenvalue weighted by Crippen LogP contribution is 2.29. The number of nitrogens with one attached hydrogen (secondary N) is 1. The fourth-order valence-corrected chi connectivity index (χ4v) is 4.20. The van der Waals surface area contributed by atoms with Crippen LogP contribution in [0.1, 0.15) is 50.2 Å². The number of thioether (sulfide) groups is 1. The van der Waals surface area contributed by atoms with Gasteiger partial charge in [0.15, 0.2) is 5.78 Å². The molecule has 0 saturated heterocycles. The molecule has 8 nitrogen and oxygen atoms in total. The van der Waals surface area contributed by atoms with Crippen molar-refractivity contribution in [2.24, 2.45) is 0 Å². The van der Waals surface area contributed by atoms with E-state index in [4.69, 9.17) is 4.74 Å². The molecule has 3 rings (SSSR count). The van der Waals surface area contributed by atoms with Gasteiger partial charge in [-0.1, -0.05) is 30.0 Å². The zero-order valence-corrected chi connectivity index (χ0v) is 18.0. The highest BCUT2D eigenvalue weighted by molar-refractivity contribution is 8.00. The van der Waals surface area contributed by atoms with Gasteiger partial charge in [0.25, 0.3) is 0 Å². The summed E-state index contributed by atoms with van der Waals surface area (Å²) in [4.78, 5) is 28.1. The number of rotatable bonds is 6. The fraction of sp³-hybridized carbons (Fsp3) is 0.350. The summed E-state index contributed by atoms with van der Waals surface area (Å²) in [5.74, 6) is -0.601. The number of hydrogen-bond acceptors (Lipinski definition) is 7. The molecule has 1 atom stereocenters. The Morgan fingerprint density at radius 3 is 2.45 bits per heavy atom. The normalized spacial score (nSPS) is 12.1. The largest absolute Gasteiger partial charge is 0.465 e. The van der Waals surface area contributed by atoms with E-state index < -0.39 is 11.2 Å². The summed E-state index contributed by atoms with van der Waals surface area (Å²) in [6.45, 7) is 9.26. The molecule has 152 valence electrons. The summed E-state index contributed by atoms with van der Waals surface area (Å²) in [7, 11) is 1.32. The van der Waals surface area contributed by atoms with Crippen molar-refractivity contribution in [1.82, 2.24) is 25.2 Å². The average Bonchev–Trinajstić information content (AvgIpc) is 3.24. The van der Waals surface area contributed by atoms with Gasteiger partial charge in [0.1, 0.15) is 0 Å². The molecule has 0 saturated carbocycles. The molecule has 2 aromatic heterocycles. The van der Waals surface area contributed by atoms with Gasteiger partial charge in [-0.05, 0) is 61.7 Å². The fourth-order valence-electron chi connectivity index (χ4n) is 3.35. The molecule has 2 heterocycles. The summed E-state index contributed by atoms with van der Waals surface area (Å²) in [5, 5.41) is 12.1. The number of esters is 1. The van der Waals surface area contributed by atoms with Gasteiger partial charge in [-0.15, -0.1) is 5.10 Å². The third-order valence-electron chi connectivity index (χ3n) is 4.82. The number of H-pyrrole nitrogens is 1. The number of hydrogen-bond donors (Lipinski definition) is 1. The van der Waals surface area contributed by atoms with Crippen LogP contribution in [0.4, 0.5) is 0 Å². The standard InChI is InChI=1S/C20H23N5O3S/c1-10-8-7-9-11(2)17(10)25-20(22-23-24-25)29-14(5)18(26)16-12(3)15(13(4)21-16)19(27)28-6/h7-9,14,21H,1-6H3/t14-/m1/s1. The molecule has 0 bridgehead atoms. The molecule has 0 aliphatic heterocycles. The Balaban J connectivity index is 1.90. The number of aryl methyl sites for hydroxylation is 3. The predicted molar refractivity (Wildman–Crippen MR) is 110 cm³/mol. The molecule has 1 N–H and O–H groups in total. The molecule has 0 amide bonds. The van der Waals surface area contributed by atoms with E-state index in [2.05, 4.69) is 20.5 Å². The Kier molecular flexibility index (Phi) is 5.88. The molecule has 1 aromatic carbocycles. The van der Waals surface area contributed by atoms with Crippen molar-refractivity contribution in [2.45, 2.75) is 45.0 Å². The number of ketones is 1. The lowest BCUT2D eigenvalue weighted by Gasteiger charge is -2.13. The molecule has 0 spiro atoms. The third kappa shape index (κ3) is 3.82. The van der Waals surface area contributed by atoms with Gasteiger partial charge < -0.3 is 9.72 Å². The number of para-hydroxylation sites is 1. The number of carbonyl (C=O) groups is 2. The highest BCUT2D eigenvalue weighted by atomic mass is 32.2. The molecule has 0 unspecified atom stereocenters. The van der Waals surface area contributed by atoms with E-state index in [1.54, 1.807) is 25.5 Å². The second-order valence-electron chi connectivity index (χ2n) is 6.85. The second kappa shape index (κ2) is 8.20. The van der Waals surface area contributed by atoms with Crippen LogP contribution in [0.5, 0.6) is 0 Å². The maximum Gasteiger partial charge on any atom is 0.339 e.